The van der Waals surface area contributed by atoms with E-state index >= 15 is 0 Å². The van der Waals surface area contributed by atoms with Crippen LogP contribution in [0.5, 0.6) is 0 Å². The van der Waals surface area contributed by atoms with Crippen LogP contribution in [0.4, 0.5) is 0 Å². The zero-order valence-electron chi connectivity index (χ0n) is 12.8. The Hall–Kier alpha value is 0.0129. The van der Waals surface area contributed by atoms with Crippen molar-refractivity contribution in [1.82, 2.24) is 5.32 Å². The van der Waals surface area contributed by atoms with Crippen molar-refractivity contribution >= 4 is 19.2 Å². The predicted molar refractivity (Wildman–Crippen MR) is 81.8 cm³/mol. The topological polar surface area (TPSA) is 29.1 Å². The molecule has 4 rings (SSSR count). The Morgan fingerprint density at radius 1 is 1.05 bits per heavy atom. The van der Waals surface area contributed by atoms with E-state index in [1.807, 2.05) is 0 Å². The van der Waals surface area contributed by atoms with E-state index < -0.39 is 13.3 Å². The molecule has 0 radical (unpaired) electrons. The van der Waals surface area contributed by atoms with Crippen LogP contribution in [-0.4, -0.2) is 24.7 Å². The fraction of sp³-hybridized carbons (Fsp3) is 0.938. The molecule has 1 N–H and O–H groups in total. The first kappa shape index (κ1) is 14.0. The van der Waals surface area contributed by atoms with Gasteiger partial charge in [-0.15, -0.1) is 0 Å². The Bertz CT molecular complexity index is 336. The van der Waals surface area contributed by atoms with Gasteiger partial charge in [0.05, 0.1) is 0 Å². The molecule has 4 saturated carbocycles. The maximum atomic E-state index is 12.3. The normalized spacial score (nSPS) is 40.5. The first-order valence-corrected chi connectivity index (χ1v) is 15.9. The van der Waals surface area contributed by atoms with Crippen LogP contribution in [0.3, 0.4) is 0 Å². The molecule has 4 aliphatic carbocycles. The molecule has 0 spiro atoms. The molecular formula is C16H29GeNO. The van der Waals surface area contributed by atoms with Gasteiger partial charge in [-0.3, -0.25) is 0 Å². The van der Waals surface area contributed by atoms with Crippen LogP contribution in [0.1, 0.15) is 44.9 Å². The molecule has 0 unspecified atom stereocenters. The van der Waals surface area contributed by atoms with Crippen molar-refractivity contribution in [2.45, 2.75) is 73.0 Å². The third kappa shape index (κ3) is 3.20. The Morgan fingerprint density at radius 2 is 1.53 bits per heavy atom. The summed E-state index contributed by atoms with van der Waals surface area (Å²) < 4.78 is 0. The predicted octanol–water partition coefficient (Wildman–Crippen LogP) is 3.80. The number of nitrogens with one attached hydrogen (secondary N) is 1. The second-order valence-electron chi connectivity index (χ2n) is 8.81. The third-order valence-electron chi connectivity index (χ3n) is 5.54. The molecule has 4 bridgehead atoms. The summed E-state index contributed by atoms with van der Waals surface area (Å²) in [5.74, 6) is 10.3. The van der Waals surface area contributed by atoms with Crippen molar-refractivity contribution in [3.8, 4) is 0 Å². The summed E-state index contributed by atoms with van der Waals surface area (Å²) in [6, 6.07) is 0. The van der Waals surface area contributed by atoms with E-state index in [4.69, 9.17) is 0 Å². The van der Waals surface area contributed by atoms with E-state index in [0.29, 0.717) is 5.91 Å². The van der Waals surface area contributed by atoms with Crippen molar-refractivity contribution in [3.63, 3.8) is 0 Å². The molecule has 0 aliphatic heterocycles. The zero-order valence-corrected chi connectivity index (χ0v) is 14.9. The summed E-state index contributed by atoms with van der Waals surface area (Å²) in [4.78, 5) is 12.3. The van der Waals surface area contributed by atoms with Gasteiger partial charge in [0.1, 0.15) is 0 Å². The average molecular weight is 324 g/mol. The van der Waals surface area contributed by atoms with Crippen LogP contribution in [0.25, 0.3) is 0 Å². The number of carbonyl (C=O) groups excluding carboxylic acids is 1. The minimum absolute atomic E-state index is 0.219. The van der Waals surface area contributed by atoms with Gasteiger partial charge < -0.3 is 0 Å². The number of hydrogen-bond donors (Lipinski definition) is 1. The average Bonchev–Trinajstić information content (AvgIpc) is 2.22. The van der Waals surface area contributed by atoms with Gasteiger partial charge in [0.15, 0.2) is 0 Å². The standard InChI is InChI=1S/C16H29GeNO/c1-17(2,3)5-4-15(19)18-16-9-12-6-13(10-16)8-14(7-12)11-16/h12-14H,4-11H2,1-3H3,(H,18,19). The van der Waals surface area contributed by atoms with Crippen LogP contribution < -0.4 is 5.32 Å². The summed E-state index contributed by atoms with van der Waals surface area (Å²) in [7, 11) is 0. The van der Waals surface area contributed by atoms with E-state index in [-0.39, 0.29) is 5.54 Å². The fourth-order valence-electron chi connectivity index (χ4n) is 5.11. The Labute approximate surface area is 120 Å². The zero-order chi connectivity index (χ0) is 13.7. The molecule has 0 heterocycles. The van der Waals surface area contributed by atoms with E-state index in [1.54, 1.807) is 0 Å². The summed E-state index contributed by atoms with van der Waals surface area (Å²) in [5, 5.41) is 4.67. The van der Waals surface area contributed by atoms with Crippen LogP contribution in [-0.2, 0) is 4.79 Å². The van der Waals surface area contributed by atoms with Gasteiger partial charge in [0.2, 0.25) is 0 Å². The second kappa shape index (κ2) is 4.78. The number of amides is 1. The molecular weight excluding hydrogens is 295 g/mol. The number of carbonyl (C=O) groups is 1. The van der Waals surface area contributed by atoms with Crippen LogP contribution in [0.2, 0.25) is 22.5 Å². The summed E-state index contributed by atoms with van der Waals surface area (Å²) in [6.07, 6.45) is 8.97. The number of hydrogen-bond acceptors (Lipinski definition) is 1. The van der Waals surface area contributed by atoms with E-state index in [0.717, 1.165) is 24.2 Å². The first-order chi connectivity index (χ1) is 8.84. The molecule has 108 valence electrons. The van der Waals surface area contributed by atoms with E-state index in [9.17, 15) is 4.79 Å². The van der Waals surface area contributed by atoms with Crippen LogP contribution in [0.15, 0.2) is 0 Å². The third-order valence-corrected chi connectivity index (χ3v) is 9.22. The van der Waals surface area contributed by atoms with Crippen LogP contribution in [0, 0.1) is 17.8 Å². The molecule has 0 atom stereocenters. The van der Waals surface area contributed by atoms with Crippen molar-refractivity contribution in [2.75, 3.05) is 0 Å². The SMILES string of the molecule is [CH3][Ge]([CH3])([CH3])[CH2]CC(=O)NC12CC3CC(CC(C3)C1)C2. The number of rotatable bonds is 4. The summed E-state index contributed by atoms with van der Waals surface area (Å²) >= 11 is -1.56. The summed E-state index contributed by atoms with van der Waals surface area (Å²) in [6.45, 7) is 0. The van der Waals surface area contributed by atoms with Gasteiger partial charge in [0, 0.05) is 0 Å². The van der Waals surface area contributed by atoms with Gasteiger partial charge in [-0.05, 0) is 0 Å². The summed E-state index contributed by atoms with van der Waals surface area (Å²) in [5.41, 5.74) is 0.219. The quantitative estimate of drug-likeness (QED) is 0.783. The molecule has 4 fully saturated rings. The Morgan fingerprint density at radius 3 is 1.95 bits per heavy atom. The van der Waals surface area contributed by atoms with E-state index in [2.05, 4.69) is 22.6 Å². The molecule has 0 saturated heterocycles. The van der Waals surface area contributed by atoms with Crippen molar-refractivity contribution < 1.29 is 4.79 Å². The molecule has 2 nitrogen and oxygen atoms in total. The molecule has 0 aromatic heterocycles. The van der Waals surface area contributed by atoms with Crippen molar-refractivity contribution in [2.24, 2.45) is 17.8 Å². The van der Waals surface area contributed by atoms with Gasteiger partial charge in [-0.2, -0.15) is 0 Å². The fourth-order valence-corrected chi connectivity index (χ4v) is 7.16. The maximum absolute atomic E-state index is 12.3. The van der Waals surface area contributed by atoms with Crippen molar-refractivity contribution in [1.29, 1.82) is 0 Å². The molecule has 3 heteroatoms. The van der Waals surface area contributed by atoms with Gasteiger partial charge in [-0.25, -0.2) is 0 Å². The Kier molecular flexibility index (Phi) is 3.52. The molecule has 0 aromatic rings. The second-order valence-corrected chi connectivity index (χ2v) is 20.6. The molecule has 1 amide bonds. The molecule has 0 aromatic carbocycles. The Balaban J connectivity index is 1.59. The molecule has 19 heavy (non-hydrogen) atoms. The monoisotopic (exact) mass is 325 g/mol. The van der Waals surface area contributed by atoms with Gasteiger partial charge >= 0.3 is 120 Å². The first-order valence-electron chi connectivity index (χ1n) is 8.15. The van der Waals surface area contributed by atoms with Gasteiger partial charge in [0.25, 0.3) is 0 Å². The minimum atomic E-state index is -1.56. The van der Waals surface area contributed by atoms with Crippen LogP contribution >= 0.6 is 0 Å². The molecule has 4 aliphatic rings. The van der Waals surface area contributed by atoms with Crippen molar-refractivity contribution in [3.05, 3.63) is 0 Å². The van der Waals surface area contributed by atoms with Gasteiger partial charge in [-0.1, -0.05) is 0 Å². The van der Waals surface area contributed by atoms with E-state index in [1.165, 1.54) is 43.8 Å².